The van der Waals surface area contributed by atoms with Gasteiger partial charge in [0.15, 0.2) is 0 Å². The largest absolute Gasteiger partial charge is 0.375 e. The zero-order valence-electron chi connectivity index (χ0n) is 9.33. The minimum absolute atomic E-state index is 0.400. The number of hydrogen-bond acceptors (Lipinski definition) is 3. The average Bonchev–Trinajstić information content (AvgIpc) is 2.79. The molecule has 0 aromatic heterocycles. The third-order valence-corrected chi connectivity index (χ3v) is 4.05. The summed E-state index contributed by atoms with van der Waals surface area (Å²) in [7, 11) is 0. The molecule has 2 fully saturated rings. The van der Waals surface area contributed by atoms with Crippen LogP contribution in [0.1, 0.15) is 12.8 Å². The third-order valence-electron chi connectivity index (χ3n) is 3.33. The number of likely N-dealkylation sites (tertiary alicyclic amines) is 1. The monoisotopic (exact) mass is 276 g/mol. The standard InChI is InChI=1S/C11H21BrN2O/c12-9-11-10-14(7-8-15-11)6-5-13-3-1-2-4-13/h11H,1-10H2. The summed E-state index contributed by atoms with van der Waals surface area (Å²) in [6.45, 7) is 8.19. The molecule has 0 amide bonds. The van der Waals surface area contributed by atoms with Crippen molar-refractivity contribution in [3.05, 3.63) is 0 Å². The van der Waals surface area contributed by atoms with Gasteiger partial charge in [0.05, 0.1) is 12.7 Å². The maximum atomic E-state index is 5.63. The van der Waals surface area contributed by atoms with Crippen molar-refractivity contribution in [1.29, 1.82) is 0 Å². The molecule has 0 bridgehead atoms. The maximum absolute atomic E-state index is 5.63. The van der Waals surface area contributed by atoms with Crippen LogP contribution >= 0.6 is 15.9 Å². The van der Waals surface area contributed by atoms with Gasteiger partial charge in [0.25, 0.3) is 0 Å². The molecule has 0 aliphatic carbocycles. The van der Waals surface area contributed by atoms with Crippen LogP contribution in [0.4, 0.5) is 0 Å². The van der Waals surface area contributed by atoms with Gasteiger partial charge in [-0.25, -0.2) is 0 Å². The van der Waals surface area contributed by atoms with Gasteiger partial charge in [0.2, 0.25) is 0 Å². The first-order valence-corrected chi connectivity index (χ1v) is 7.13. The van der Waals surface area contributed by atoms with Crippen molar-refractivity contribution < 1.29 is 4.74 Å². The first kappa shape index (κ1) is 11.8. The zero-order chi connectivity index (χ0) is 10.5. The summed E-state index contributed by atoms with van der Waals surface area (Å²) in [4.78, 5) is 5.12. The molecule has 2 saturated heterocycles. The van der Waals surface area contributed by atoms with Crippen molar-refractivity contribution >= 4 is 15.9 Å². The van der Waals surface area contributed by atoms with Crippen LogP contribution < -0.4 is 0 Å². The van der Waals surface area contributed by atoms with Crippen LogP contribution in [0.3, 0.4) is 0 Å². The molecule has 0 radical (unpaired) electrons. The van der Waals surface area contributed by atoms with E-state index in [1.807, 2.05) is 0 Å². The molecule has 2 rings (SSSR count). The number of hydrogen-bond donors (Lipinski definition) is 0. The highest BCUT2D eigenvalue weighted by molar-refractivity contribution is 9.09. The summed E-state index contributed by atoms with van der Waals surface area (Å²) in [6, 6.07) is 0. The molecule has 0 aromatic carbocycles. The van der Waals surface area contributed by atoms with Gasteiger partial charge < -0.3 is 9.64 Å². The molecule has 3 nitrogen and oxygen atoms in total. The van der Waals surface area contributed by atoms with E-state index in [4.69, 9.17) is 4.74 Å². The summed E-state index contributed by atoms with van der Waals surface area (Å²) >= 11 is 3.49. The molecule has 0 spiro atoms. The molecular formula is C11H21BrN2O. The van der Waals surface area contributed by atoms with E-state index in [1.54, 1.807) is 0 Å². The second-order valence-electron chi connectivity index (χ2n) is 4.50. The first-order valence-electron chi connectivity index (χ1n) is 6.01. The number of ether oxygens (including phenoxy) is 1. The Bertz CT molecular complexity index is 185. The minimum Gasteiger partial charge on any atom is -0.375 e. The number of nitrogens with zero attached hydrogens (tertiary/aromatic N) is 2. The van der Waals surface area contributed by atoms with E-state index in [1.165, 1.54) is 39.0 Å². The van der Waals surface area contributed by atoms with Crippen LogP contribution in [0, 0.1) is 0 Å². The van der Waals surface area contributed by atoms with Crippen LogP contribution in [0.25, 0.3) is 0 Å². The van der Waals surface area contributed by atoms with Gasteiger partial charge in [-0.2, -0.15) is 0 Å². The highest BCUT2D eigenvalue weighted by Crippen LogP contribution is 2.10. The second-order valence-corrected chi connectivity index (χ2v) is 5.14. The summed E-state index contributed by atoms with van der Waals surface area (Å²) in [5.74, 6) is 0. The Balaban J connectivity index is 1.65. The summed E-state index contributed by atoms with van der Waals surface area (Å²) in [5, 5.41) is 0.965. The molecule has 2 aliphatic rings. The lowest BCUT2D eigenvalue weighted by atomic mass is 10.3. The van der Waals surface area contributed by atoms with Crippen molar-refractivity contribution in [3.8, 4) is 0 Å². The molecule has 1 atom stereocenters. The smallest absolute Gasteiger partial charge is 0.0799 e. The van der Waals surface area contributed by atoms with Crippen LogP contribution in [0.2, 0.25) is 0 Å². The van der Waals surface area contributed by atoms with Gasteiger partial charge >= 0.3 is 0 Å². The highest BCUT2D eigenvalue weighted by Gasteiger charge is 2.20. The van der Waals surface area contributed by atoms with Crippen molar-refractivity contribution in [2.24, 2.45) is 0 Å². The Kier molecular flexibility index (Phi) is 4.88. The number of halogens is 1. The SMILES string of the molecule is BrCC1CN(CCN2CCCC2)CCO1. The second kappa shape index (κ2) is 6.18. The fourth-order valence-corrected chi connectivity index (χ4v) is 2.76. The lowest BCUT2D eigenvalue weighted by Gasteiger charge is -2.33. The van der Waals surface area contributed by atoms with Crippen molar-refractivity contribution in [3.63, 3.8) is 0 Å². The third kappa shape index (κ3) is 3.70. The molecular weight excluding hydrogens is 256 g/mol. The van der Waals surface area contributed by atoms with E-state index >= 15 is 0 Å². The Labute approximate surface area is 101 Å². The predicted octanol–water partition coefficient (Wildman–Crippen LogP) is 1.18. The Hall–Kier alpha value is 0.360. The normalized spacial score (nSPS) is 29.8. The van der Waals surface area contributed by atoms with E-state index in [0.29, 0.717) is 6.10 Å². The first-order chi connectivity index (χ1) is 7.38. The van der Waals surface area contributed by atoms with Gasteiger partial charge in [0.1, 0.15) is 0 Å². The molecule has 0 saturated carbocycles. The molecule has 88 valence electrons. The van der Waals surface area contributed by atoms with E-state index in [2.05, 4.69) is 25.7 Å². The zero-order valence-corrected chi connectivity index (χ0v) is 10.9. The Morgan fingerprint density at radius 2 is 1.80 bits per heavy atom. The van der Waals surface area contributed by atoms with Gasteiger partial charge in [-0.15, -0.1) is 0 Å². The minimum atomic E-state index is 0.400. The van der Waals surface area contributed by atoms with Gasteiger partial charge in [-0.05, 0) is 25.9 Å². The summed E-state index contributed by atoms with van der Waals surface area (Å²) in [6.07, 6.45) is 3.19. The van der Waals surface area contributed by atoms with E-state index < -0.39 is 0 Å². The molecule has 2 aliphatic heterocycles. The molecule has 1 unspecified atom stereocenters. The van der Waals surface area contributed by atoms with Crippen molar-refractivity contribution in [2.45, 2.75) is 18.9 Å². The van der Waals surface area contributed by atoms with Crippen molar-refractivity contribution in [1.82, 2.24) is 9.80 Å². The number of alkyl halides is 1. The van der Waals surface area contributed by atoms with E-state index in [0.717, 1.165) is 25.0 Å². The van der Waals surface area contributed by atoms with Gasteiger partial charge in [0, 0.05) is 31.5 Å². The maximum Gasteiger partial charge on any atom is 0.0799 e. The molecule has 4 heteroatoms. The van der Waals surface area contributed by atoms with Crippen LogP contribution in [0.5, 0.6) is 0 Å². The number of rotatable bonds is 4. The fraction of sp³-hybridized carbons (Fsp3) is 1.00. The Morgan fingerprint density at radius 3 is 2.53 bits per heavy atom. The molecule has 15 heavy (non-hydrogen) atoms. The van der Waals surface area contributed by atoms with Crippen LogP contribution in [0.15, 0.2) is 0 Å². The summed E-state index contributed by atoms with van der Waals surface area (Å²) in [5.41, 5.74) is 0. The van der Waals surface area contributed by atoms with E-state index in [-0.39, 0.29) is 0 Å². The molecule has 0 N–H and O–H groups in total. The van der Waals surface area contributed by atoms with Crippen LogP contribution in [-0.2, 0) is 4.74 Å². The van der Waals surface area contributed by atoms with E-state index in [9.17, 15) is 0 Å². The fourth-order valence-electron chi connectivity index (χ4n) is 2.37. The molecule has 0 aromatic rings. The van der Waals surface area contributed by atoms with Gasteiger partial charge in [-0.1, -0.05) is 15.9 Å². The predicted molar refractivity (Wildman–Crippen MR) is 65.6 cm³/mol. The molecule has 2 heterocycles. The Morgan fingerprint density at radius 1 is 1.07 bits per heavy atom. The lowest BCUT2D eigenvalue weighted by Crippen LogP contribution is -2.45. The topological polar surface area (TPSA) is 15.7 Å². The summed E-state index contributed by atoms with van der Waals surface area (Å²) < 4.78 is 5.63. The average molecular weight is 277 g/mol. The van der Waals surface area contributed by atoms with Crippen molar-refractivity contribution in [2.75, 3.05) is 51.2 Å². The number of morpholine rings is 1. The van der Waals surface area contributed by atoms with Gasteiger partial charge in [-0.3, -0.25) is 4.90 Å². The lowest BCUT2D eigenvalue weighted by molar-refractivity contribution is -0.0170. The highest BCUT2D eigenvalue weighted by atomic mass is 79.9. The quantitative estimate of drug-likeness (QED) is 0.718. The van der Waals surface area contributed by atoms with Crippen LogP contribution in [-0.4, -0.2) is 67.1 Å².